The van der Waals surface area contributed by atoms with Crippen LogP contribution in [0.5, 0.6) is 0 Å². The van der Waals surface area contributed by atoms with E-state index in [1.165, 1.54) is 27.9 Å². The van der Waals surface area contributed by atoms with Crippen LogP contribution in [0, 0.1) is 0 Å². The lowest BCUT2D eigenvalue weighted by atomic mass is 10.1. The maximum absolute atomic E-state index is 12.3. The van der Waals surface area contributed by atoms with Gasteiger partial charge in [0.2, 0.25) is 0 Å². The molecule has 25 heavy (non-hydrogen) atoms. The van der Waals surface area contributed by atoms with Crippen LogP contribution in [0.4, 0.5) is 0 Å². The second-order valence-corrected chi connectivity index (χ2v) is 9.33. The second-order valence-electron chi connectivity index (χ2n) is 7.19. The van der Waals surface area contributed by atoms with E-state index < -0.39 is 16.3 Å². The van der Waals surface area contributed by atoms with Gasteiger partial charge >= 0.3 is 0 Å². The highest BCUT2D eigenvalue weighted by atomic mass is 32.2. The molecule has 0 unspecified atom stereocenters. The summed E-state index contributed by atoms with van der Waals surface area (Å²) in [4.78, 5) is 2.31. The van der Waals surface area contributed by atoms with Gasteiger partial charge in [-0.3, -0.25) is 4.68 Å². The molecule has 1 fully saturated rings. The number of hydrogen-bond donors (Lipinski definition) is 1. The minimum Gasteiger partial charge on any atom is -0.390 e. The zero-order valence-corrected chi connectivity index (χ0v) is 16.0. The van der Waals surface area contributed by atoms with Crippen LogP contribution in [-0.2, 0) is 29.7 Å². The molecule has 0 bridgehead atoms. The average Bonchev–Trinajstić information content (AvgIpc) is 2.97. The number of aliphatic hydroxyl groups excluding tert-OH is 1. The smallest absolute Gasteiger partial charge is 0.281 e. The van der Waals surface area contributed by atoms with Crippen molar-refractivity contribution in [3.05, 3.63) is 17.5 Å². The quantitative estimate of drug-likeness (QED) is 0.755. The highest BCUT2D eigenvalue weighted by molar-refractivity contribution is 7.86. The fraction of sp³-hybridized carbons (Fsp3) is 0.812. The maximum Gasteiger partial charge on any atom is 0.281 e. The number of β-amino-alcohol motifs (C(OH)–C–C–N with tert-alkyl or cyclic N) is 1. The molecule has 1 atom stereocenters. The van der Waals surface area contributed by atoms with Crippen molar-refractivity contribution in [2.75, 3.05) is 40.3 Å². The van der Waals surface area contributed by atoms with Gasteiger partial charge in [-0.15, -0.1) is 0 Å². The van der Waals surface area contributed by atoms with E-state index >= 15 is 0 Å². The fourth-order valence-electron chi connectivity index (χ4n) is 3.65. The van der Waals surface area contributed by atoms with Gasteiger partial charge in [0.05, 0.1) is 18.8 Å². The highest BCUT2D eigenvalue weighted by Gasteiger charge is 2.30. The van der Waals surface area contributed by atoms with Crippen LogP contribution in [0.2, 0.25) is 0 Å². The largest absolute Gasteiger partial charge is 0.390 e. The molecule has 142 valence electrons. The molecule has 0 spiro atoms. The Morgan fingerprint density at radius 3 is 2.60 bits per heavy atom. The number of rotatable bonds is 6. The zero-order valence-electron chi connectivity index (χ0n) is 15.1. The number of likely N-dealkylation sites (tertiary alicyclic amines) is 1. The summed E-state index contributed by atoms with van der Waals surface area (Å²) in [6.07, 6.45) is 5.61. The van der Waals surface area contributed by atoms with E-state index in [4.69, 9.17) is 0 Å². The third-order valence-electron chi connectivity index (χ3n) is 5.07. The van der Waals surface area contributed by atoms with Gasteiger partial charge in [0.25, 0.3) is 10.2 Å². The zero-order chi connectivity index (χ0) is 18.0. The molecule has 2 aliphatic heterocycles. The summed E-state index contributed by atoms with van der Waals surface area (Å²) in [6, 6.07) is 0. The molecule has 9 heteroatoms. The van der Waals surface area contributed by atoms with Gasteiger partial charge in [0.1, 0.15) is 0 Å². The second kappa shape index (κ2) is 7.71. The normalized spacial score (nSPS) is 21.4. The van der Waals surface area contributed by atoms with Crippen molar-refractivity contribution in [1.29, 1.82) is 0 Å². The van der Waals surface area contributed by atoms with E-state index in [0.717, 1.165) is 24.3 Å². The summed E-state index contributed by atoms with van der Waals surface area (Å²) in [7, 11) is -0.308. The Kier molecular flexibility index (Phi) is 5.79. The summed E-state index contributed by atoms with van der Waals surface area (Å²) < 4.78 is 29.1. The van der Waals surface area contributed by atoms with Gasteiger partial charge in [-0.05, 0) is 25.9 Å². The summed E-state index contributed by atoms with van der Waals surface area (Å²) >= 11 is 0. The Bertz CT molecular complexity index is 682. The summed E-state index contributed by atoms with van der Waals surface area (Å²) in [6.45, 7) is 4.05. The average molecular weight is 372 g/mol. The van der Waals surface area contributed by atoms with Crippen LogP contribution in [0.15, 0.2) is 6.20 Å². The van der Waals surface area contributed by atoms with E-state index in [9.17, 15) is 13.5 Å². The van der Waals surface area contributed by atoms with Crippen LogP contribution in [0.1, 0.15) is 30.5 Å². The Morgan fingerprint density at radius 1 is 1.20 bits per heavy atom. The van der Waals surface area contributed by atoms with Gasteiger partial charge < -0.3 is 10.0 Å². The van der Waals surface area contributed by atoms with Crippen molar-refractivity contribution >= 4 is 10.2 Å². The van der Waals surface area contributed by atoms with Crippen LogP contribution >= 0.6 is 0 Å². The lowest BCUT2D eigenvalue weighted by molar-refractivity contribution is 0.0847. The molecule has 3 rings (SSSR count). The molecule has 1 saturated heterocycles. The molecule has 3 heterocycles. The Balaban J connectivity index is 1.62. The molecule has 1 aromatic heterocycles. The standard InChI is InChI=1S/C16H29N5O3S/c1-18(2)25(23,24)20-9-6-16-14(11-20)10-17-21(16)13-15(22)12-19-7-4-3-5-8-19/h10,15,22H,3-9,11-13H2,1-2H3/t15-/m0/s1. The van der Waals surface area contributed by atoms with Gasteiger partial charge in [0, 0.05) is 51.4 Å². The van der Waals surface area contributed by atoms with Crippen molar-refractivity contribution in [1.82, 2.24) is 23.3 Å². The van der Waals surface area contributed by atoms with Crippen molar-refractivity contribution in [2.45, 2.75) is 44.9 Å². The molecule has 0 radical (unpaired) electrons. The lowest BCUT2D eigenvalue weighted by Crippen LogP contribution is -2.43. The minimum absolute atomic E-state index is 0.345. The van der Waals surface area contributed by atoms with Crippen LogP contribution in [0.25, 0.3) is 0 Å². The number of aliphatic hydroxyl groups is 1. The molecule has 8 nitrogen and oxygen atoms in total. The number of fused-ring (bicyclic) bond motifs is 1. The molecule has 1 N–H and O–H groups in total. The number of piperidine rings is 1. The molecular weight excluding hydrogens is 342 g/mol. The van der Waals surface area contributed by atoms with E-state index in [2.05, 4.69) is 10.00 Å². The Hall–Kier alpha value is -1.00. The van der Waals surface area contributed by atoms with Gasteiger partial charge in [-0.2, -0.15) is 22.1 Å². The molecule has 0 saturated carbocycles. The number of nitrogens with zero attached hydrogens (tertiary/aromatic N) is 5. The van der Waals surface area contributed by atoms with Crippen molar-refractivity contribution < 1.29 is 13.5 Å². The highest BCUT2D eigenvalue weighted by Crippen LogP contribution is 2.22. The SMILES string of the molecule is CN(C)S(=O)(=O)N1CCc2c(cnn2C[C@@H](O)CN2CCCCC2)C1. The van der Waals surface area contributed by atoms with E-state index in [1.54, 1.807) is 20.3 Å². The first-order valence-corrected chi connectivity index (χ1v) is 10.4. The van der Waals surface area contributed by atoms with E-state index in [-0.39, 0.29) is 0 Å². The molecular formula is C16H29N5O3S. The van der Waals surface area contributed by atoms with Gasteiger partial charge in [-0.25, -0.2) is 0 Å². The minimum atomic E-state index is -3.40. The van der Waals surface area contributed by atoms with Crippen LogP contribution < -0.4 is 0 Å². The summed E-state index contributed by atoms with van der Waals surface area (Å²) in [5.41, 5.74) is 1.98. The Labute approximate surface area is 150 Å². The first-order chi connectivity index (χ1) is 11.9. The molecule has 1 aromatic rings. The number of hydrogen-bond acceptors (Lipinski definition) is 5. The first kappa shape index (κ1) is 18.8. The molecule has 2 aliphatic rings. The summed E-state index contributed by atoms with van der Waals surface area (Å²) in [5.74, 6) is 0. The van der Waals surface area contributed by atoms with Crippen LogP contribution in [0.3, 0.4) is 0 Å². The predicted octanol–water partition coefficient (Wildman–Crippen LogP) is -0.106. The maximum atomic E-state index is 12.3. The van der Waals surface area contributed by atoms with E-state index in [0.29, 0.717) is 32.6 Å². The van der Waals surface area contributed by atoms with Gasteiger partial charge in [-0.1, -0.05) is 6.42 Å². The van der Waals surface area contributed by atoms with Crippen LogP contribution in [-0.4, -0.2) is 83.2 Å². The van der Waals surface area contributed by atoms with Crippen molar-refractivity contribution in [3.63, 3.8) is 0 Å². The summed E-state index contributed by atoms with van der Waals surface area (Å²) in [5, 5.41) is 14.8. The third kappa shape index (κ3) is 4.22. The van der Waals surface area contributed by atoms with Crippen molar-refractivity contribution in [3.8, 4) is 0 Å². The van der Waals surface area contributed by atoms with E-state index in [1.807, 2.05) is 4.68 Å². The monoisotopic (exact) mass is 371 g/mol. The topological polar surface area (TPSA) is 81.9 Å². The predicted molar refractivity (Wildman–Crippen MR) is 95.2 cm³/mol. The number of aromatic nitrogens is 2. The fourth-order valence-corrected chi connectivity index (χ4v) is 4.74. The third-order valence-corrected chi connectivity index (χ3v) is 6.96. The molecule has 0 aromatic carbocycles. The van der Waals surface area contributed by atoms with Gasteiger partial charge in [0.15, 0.2) is 0 Å². The van der Waals surface area contributed by atoms with Crippen molar-refractivity contribution in [2.24, 2.45) is 0 Å². The molecule has 0 aliphatic carbocycles. The Morgan fingerprint density at radius 2 is 1.92 bits per heavy atom. The molecule has 0 amide bonds. The lowest BCUT2D eigenvalue weighted by Gasteiger charge is -2.30. The first-order valence-electron chi connectivity index (χ1n) is 8.99.